The molecule has 0 saturated heterocycles. The number of fused-ring (bicyclic) bond motifs is 2. The summed E-state index contributed by atoms with van der Waals surface area (Å²) in [7, 11) is 0. The highest BCUT2D eigenvalue weighted by atomic mass is 35.5. The minimum absolute atomic E-state index is 0.166. The second-order valence-corrected chi connectivity index (χ2v) is 6.45. The van der Waals surface area contributed by atoms with E-state index in [1.165, 1.54) is 12.1 Å². The number of hydrogen-bond acceptors (Lipinski definition) is 6. The lowest BCUT2D eigenvalue weighted by Gasteiger charge is -2.25. The molecule has 8 heteroatoms. The number of benzene rings is 2. The lowest BCUT2D eigenvalue weighted by Crippen LogP contribution is -2.23. The van der Waals surface area contributed by atoms with Gasteiger partial charge < -0.3 is 9.64 Å². The Morgan fingerprint density at radius 3 is 2.92 bits per heavy atom. The molecule has 0 atom stereocenters. The fraction of sp³-hybridized carbons (Fsp3) is 0.222. The van der Waals surface area contributed by atoms with Crippen LogP contribution in [0.5, 0.6) is 0 Å². The molecule has 134 valence electrons. The maximum atomic E-state index is 14.7. The number of nitrogens with zero attached hydrogens (tertiary/aromatic N) is 3. The lowest BCUT2D eigenvalue weighted by molar-refractivity contribution is 0.133. The molecule has 2 heterocycles. The summed E-state index contributed by atoms with van der Waals surface area (Å²) < 4.78 is 20.5. The zero-order valence-electron chi connectivity index (χ0n) is 14.1. The molecule has 1 aliphatic heterocycles. The molecule has 2 aromatic carbocycles. The number of halogens is 2. The Bertz CT molecular complexity index is 997. The van der Waals surface area contributed by atoms with Crippen molar-refractivity contribution in [1.82, 2.24) is 9.97 Å². The maximum Gasteiger partial charge on any atom is 0.239 e. The highest BCUT2D eigenvalue weighted by molar-refractivity contribution is 6.35. The van der Waals surface area contributed by atoms with Crippen LogP contribution in [0.1, 0.15) is 11.1 Å². The summed E-state index contributed by atoms with van der Waals surface area (Å²) in [5, 5.41) is 0.586. The zero-order chi connectivity index (χ0) is 18.3. The van der Waals surface area contributed by atoms with Crippen molar-refractivity contribution >= 4 is 40.0 Å². The van der Waals surface area contributed by atoms with Gasteiger partial charge in [0.1, 0.15) is 11.6 Å². The SMILES string of the molecule is Cc1cccc2c1COCCN2c1nc(NN)nc2c(Cl)ccc(F)c12. The highest BCUT2D eigenvalue weighted by Crippen LogP contribution is 2.38. The molecule has 0 radical (unpaired) electrons. The molecule has 0 saturated carbocycles. The molecule has 6 nitrogen and oxygen atoms in total. The number of rotatable bonds is 2. The van der Waals surface area contributed by atoms with Crippen LogP contribution in [0.3, 0.4) is 0 Å². The third-order valence-electron chi connectivity index (χ3n) is 4.50. The number of hydrogen-bond donors (Lipinski definition) is 2. The van der Waals surface area contributed by atoms with E-state index in [-0.39, 0.29) is 11.3 Å². The number of anilines is 3. The summed E-state index contributed by atoms with van der Waals surface area (Å²) in [6.45, 7) is 3.51. The molecule has 0 fully saturated rings. The molecular weight excluding hydrogens is 357 g/mol. The fourth-order valence-electron chi connectivity index (χ4n) is 3.21. The monoisotopic (exact) mass is 373 g/mol. The van der Waals surface area contributed by atoms with E-state index in [1.807, 2.05) is 30.0 Å². The smallest absolute Gasteiger partial charge is 0.239 e. The summed E-state index contributed by atoms with van der Waals surface area (Å²) in [5.41, 5.74) is 5.81. The van der Waals surface area contributed by atoms with E-state index in [2.05, 4.69) is 15.4 Å². The maximum absolute atomic E-state index is 14.7. The van der Waals surface area contributed by atoms with Crippen LogP contribution in [0.4, 0.5) is 21.8 Å². The number of nitrogens with two attached hydrogens (primary N) is 1. The van der Waals surface area contributed by atoms with Gasteiger partial charge in [0, 0.05) is 17.8 Å². The topological polar surface area (TPSA) is 76.3 Å². The molecular formula is C18H17ClFN5O. The normalized spacial score (nSPS) is 14.2. The quantitative estimate of drug-likeness (QED) is 0.527. The van der Waals surface area contributed by atoms with Gasteiger partial charge in [-0.3, -0.25) is 5.43 Å². The van der Waals surface area contributed by atoms with Crippen molar-refractivity contribution < 1.29 is 9.13 Å². The summed E-state index contributed by atoms with van der Waals surface area (Å²) in [6.07, 6.45) is 0. The molecule has 26 heavy (non-hydrogen) atoms. The number of nitrogen functional groups attached to an aromatic ring is 1. The van der Waals surface area contributed by atoms with Crippen LogP contribution in [0, 0.1) is 12.7 Å². The number of aryl methyl sites for hydroxylation is 1. The third-order valence-corrected chi connectivity index (χ3v) is 4.80. The van der Waals surface area contributed by atoms with Crippen molar-refractivity contribution in [3.63, 3.8) is 0 Å². The Labute approximate surface area is 154 Å². The van der Waals surface area contributed by atoms with Gasteiger partial charge in [0.05, 0.1) is 29.1 Å². The van der Waals surface area contributed by atoms with Crippen LogP contribution < -0.4 is 16.2 Å². The van der Waals surface area contributed by atoms with Crippen LogP contribution in [0.15, 0.2) is 30.3 Å². The minimum Gasteiger partial charge on any atom is -0.375 e. The zero-order valence-corrected chi connectivity index (χ0v) is 14.8. The van der Waals surface area contributed by atoms with Crippen molar-refractivity contribution in [2.45, 2.75) is 13.5 Å². The average Bonchev–Trinajstić information content (AvgIpc) is 2.87. The van der Waals surface area contributed by atoms with E-state index in [1.54, 1.807) is 0 Å². The number of hydrazine groups is 1. The Kier molecular flexibility index (Phi) is 4.36. The Morgan fingerprint density at radius 2 is 2.12 bits per heavy atom. The van der Waals surface area contributed by atoms with E-state index >= 15 is 0 Å². The summed E-state index contributed by atoms with van der Waals surface area (Å²) in [6, 6.07) is 8.75. The predicted octanol–water partition coefficient (Wildman–Crippen LogP) is 3.68. The first-order valence-corrected chi connectivity index (χ1v) is 8.54. The van der Waals surface area contributed by atoms with Crippen molar-refractivity contribution in [2.24, 2.45) is 5.84 Å². The molecule has 3 N–H and O–H groups in total. The van der Waals surface area contributed by atoms with Crippen LogP contribution in [0.25, 0.3) is 10.9 Å². The van der Waals surface area contributed by atoms with Crippen LogP contribution in [-0.2, 0) is 11.3 Å². The van der Waals surface area contributed by atoms with Gasteiger partial charge in [-0.25, -0.2) is 15.2 Å². The first kappa shape index (κ1) is 17.0. The van der Waals surface area contributed by atoms with Gasteiger partial charge in [-0.15, -0.1) is 0 Å². The second kappa shape index (κ2) is 6.68. The van der Waals surface area contributed by atoms with Crippen molar-refractivity contribution in [1.29, 1.82) is 0 Å². The summed E-state index contributed by atoms with van der Waals surface area (Å²) in [4.78, 5) is 10.6. The Hall–Kier alpha value is -2.48. The van der Waals surface area contributed by atoms with Crippen molar-refractivity contribution in [3.8, 4) is 0 Å². The Balaban J connectivity index is 2.03. The minimum atomic E-state index is -0.442. The average molecular weight is 374 g/mol. The summed E-state index contributed by atoms with van der Waals surface area (Å²) >= 11 is 6.26. The van der Waals surface area contributed by atoms with Gasteiger partial charge in [-0.05, 0) is 30.7 Å². The summed E-state index contributed by atoms with van der Waals surface area (Å²) in [5.74, 6) is 5.65. The van der Waals surface area contributed by atoms with E-state index in [0.717, 1.165) is 16.8 Å². The van der Waals surface area contributed by atoms with Gasteiger partial charge >= 0.3 is 0 Å². The van der Waals surface area contributed by atoms with Gasteiger partial charge in [-0.2, -0.15) is 4.98 Å². The largest absolute Gasteiger partial charge is 0.375 e. The van der Waals surface area contributed by atoms with Gasteiger partial charge in [0.25, 0.3) is 0 Å². The van der Waals surface area contributed by atoms with Gasteiger partial charge in [0.2, 0.25) is 5.95 Å². The number of ether oxygens (including phenoxy) is 1. The molecule has 1 aliphatic rings. The Morgan fingerprint density at radius 1 is 1.27 bits per heavy atom. The number of aromatic nitrogens is 2. The fourth-order valence-corrected chi connectivity index (χ4v) is 3.41. The van der Waals surface area contributed by atoms with Crippen LogP contribution in [-0.4, -0.2) is 23.1 Å². The molecule has 0 unspecified atom stereocenters. The van der Waals surface area contributed by atoms with Crippen LogP contribution in [0.2, 0.25) is 5.02 Å². The molecule has 3 aromatic rings. The van der Waals surface area contributed by atoms with Gasteiger partial charge in [-0.1, -0.05) is 23.7 Å². The van der Waals surface area contributed by atoms with Crippen LogP contribution >= 0.6 is 11.6 Å². The van der Waals surface area contributed by atoms with Gasteiger partial charge in [0.15, 0.2) is 0 Å². The first-order valence-electron chi connectivity index (χ1n) is 8.16. The van der Waals surface area contributed by atoms with Crippen molar-refractivity contribution in [3.05, 3.63) is 52.3 Å². The second-order valence-electron chi connectivity index (χ2n) is 6.04. The van der Waals surface area contributed by atoms with E-state index in [0.29, 0.717) is 36.1 Å². The predicted molar refractivity (Wildman–Crippen MR) is 100 cm³/mol. The third kappa shape index (κ3) is 2.74. The molecule has 4 rings (SSSR count). The lowest BCUT2D eigenvalue weighted by atomic mass is 10.1. The van der Waals surface area contributed by atoms with E-state index in [4.69, 9.17) is 22.2 Å². The standard InChI is InChI=1S/C18H17ClFN5O/c1-10-3-2-4-14-11(10)9-26-8-7-25(14)17-15-13(20)6-5-12(19)16(15)22-18(23-17)24-21/h2-6H,7-9,21H2,1H3,(H,22,23,24). The molecule has 0 aliphatic carbocycles. The molecule has 0 bridgehead atoms. The first-order chi connectivity index (χ1) is 12.6. The van der Waals surface area contributed by atoms with E-state index < -0.39 is 5.82 Å². The number of nitrogens with one attached hydrogen (secondary N) is 1. The van der Waals surface area contributed by atoms with E-state index in [9.17, 15) is 4.39 Å². The molecule has 0 spiro atoms. The highest BCUT2D eigenvalue weighted by Gasteiger charge is 2.24. The molecule has 1 aromatic heterocycles. The molecule has 0 amide bonds. The van der Waals surface area contributed by atoms with Crippen molar-refractivity contribution in [2.75, 3.05) is 23.5 Å².